The van der Waals surface area contributed by atoms with E-state index in [0.717, 1.165) is 11.4 Å². The lowest BCUT2D eigenvalue weighted by Crippen LogP contribution is -2.38. The van der Waals surface area contributed by atoms with Crippen molar-refractivity contribution in [3.05, 3.63) is 79.1 Å². The Morgan fingerprint density at radius 1 is 0.654 bits per heavy atom. The van der Waals surface area contributed by atoms with Crippen molar-refractivity contribution in [2.24, 2.45) is 0 Å². The van der Waals surface area contributed by atoms with Crippen LogP contribution in [-0.4, -0.2) is 16.8 Å². The highest BCUT2D eigenvalue weighted by Crippen LogP contribution is 2.18. The van der Waals surface area contributed by atoms with Gasteiger partial charge in [-0.15, -0.1) is 0 Å². The molecule has 0 saturated heterocycles. The van der Waals surface area contributed by atoms with Crippen molar-refractivity contribution in [1.29, 1.82) is 0 Å². The van der Waals surface area contributed by atoms with Crippen LogP contribution >= 0.6 is 0 Å². The van der Waals surface area contributed by atoms with Gasteiger partial charge in [-0.05, 0) is 48.5 Å². The summed E-state index contributed by atoms with van der Waals surface area (Å²) in [5.74, 6) is -1.57. The van der Waals surface area contributed by atoms with Gasteiger partial charge >= 0.3 is 11.8 Å². The summed E-state index contributed by atoms with van der Waals surface area (Å²) in [7, 11) is 0. The fourth-order valence-corrected chi connectivity index (χ4v) is 2.13. The summed E-state index contributed by atoms with van der Waals surface area (Å²) < 4.78 is 0. The maximum absolute atomic E-state index is 11.8. The Hall–Kier alpha value is -3.87. The largest absolute Gasteiger partial charge is 0.356 e. The second-order valence-electron chi connectivity index (χ2n) is 5.34. The van der Waals surface area contributed by atoms with Crippen LogP contribution < -0.4 is 21.5 Å². The van der Waals surface area contributed by atoms with E-state index in [1.165, 1.54) is 12.4 Å². The van der Waals surface area contributed by atoms with E-state index in [-0.39, 0.29) is 0 Å². The molecular formula is C19H17N5O2. The summed E-state index contributed by atoms with van der Waals surface area (Å²) in [6.45, 7) is 0. The number of nitrogens with zero attached hydrogens (tertiary/aromatic N) is 1. The zero-order valence-corrected chi connectivity index (χ0v) is 13.8. The molecule has 0 fully saturated rings. The number of amides is 2. The Bertz CT molecular complexity index is 867. The van der Waals surface area contributed by atoms with Crippen LogP contribution in [0.2, 0.25) is 0 Å². The number of para-hydroxylation sites is 1. The van der Waals surface area contributed by atoms with Gasteiger partial charge in [0.05, 0.1) is 5.69 Å². The predicted octanol–water partition coefficient (Wildman–Crippen LogP) is 2.91. The van der Waals surface area contributed by atoms with Crippen LogP contribution in [0.15, 0.2) is 79.1 Å². The normalized spacial score (nSPS) is 9.85. The van der Waals surface area contributed by atoms with E-state index < -0.39 is 11.8 Å². The molecule has 7 heteroatoms. The third-order valence-corrected chi connectivity index (χ3v) is 3.41. The predicted molar refractivity (Wildman–Crippen MR) is 101 cm³/mol. The van der Waals surface area contributed by atoms with E-state index in [0.29, 0.717) is 11.4 Å². The first-order valence-corrected chi connectivity index (χ1v) is 7.90. The van der Waals surface area contributed by atoms with Gasteiger partial charge in [0.1, 0.15) is 0 Å². The van der Waals surface area contributed by atoms with Crippen molar-refractivity contribution in [3.8, 4) is 0 Å². The van der Waals surface area contributed by atoms with Gasteiger partial charge in [0.2, 0.25) is 0 Å². The zero-order chi connectivity index (χ0) is 18.2. The summed E-state index contributed by atoms with van der Waals surface area (Å²) in [5.41, 5.74) is 8.08. The van der Waals surface area contributed by atoms with Gasteiger partial charge in [-0.1, -0.05) is 18.2 Å². The average molecular weight is 347 g/mol. The molecule has 0 aliphatic rings. The molecule has 3 rings (SSSR count). The maximum atomic E-state index is 11.8. The molecular weight excluding hydrogens is 330 g/mol. The van der Waals surface area contributed by atoms with E-state index in [2.05, 4.69) is 26.5 Å². The molecule has 130 valence electrons. The Morgan fingerprint density at radius 3 is 1.96 bits per heavy atom. The number of hydrogen-bond acceptors (Lipinski definition) is 5. The number of anilines is 4. The lowest BCUT2D eigenvalue weighted by molar-refractivity contribution is -0.135. The van der Waals surface area contributed by atoms with Crippen molar-refractivity contribution < 1.29 is 9.59 Å². The number of carbonyl (C=O) groups is 2. The van der Waals surface area contributed by atoms with Crippen LogP contribution in [0, 0.1) is 0 Å². The summed E-state index contributed by atoms with van der Waals surface area (Å²) in [5, 5.41) is 5.73. The van der Waals surface area contributed by atoms with Crippen LogP contribution in [0.3, 0.4) is 0 Å². The van der Waals surface area contributed by atoms with Gasteiger partial charge in [0.15, 0.2) is 0 Å². The van der Waals surface area contributed by atoms with Crippen molar-refractivity contribution in [2.75, 3.05) is 16.1 Å². The van der Waals surface area contributed by atoms with E-state index in [1.807, 2.05) is 42.5 Å². The molecule has 4 N–H and O–H groups in total. The fourth-order valence-electron chi connectivity index (χ4n) is 2.13. The lowest BCUT2D eigenvalue weighted by Gasteiger charge is -2.10. The monoisotopic (exact) mass is 347 g/mol. The number of carbonyl (C=O) groups excluding carboxylic acids is 2. The Balaban J connectivity index is 1.49. The molecule has 3 aromatic rings. The van der Waals surface area contributed by atoms with E-state index in [4.69, 9.17) is 0 Å². The van der Waals surface area contributed by atoms with Crippen LogP contribution in [0.4, 0.5) is 22.7 Å². The number of hydrazine groups is 1. The molecule has 0 bridgehead atoms. The minimum absolute atomic E-state index is 0.497. The highest BCUT2D eigenvalue weighted by Gasteiger charge is 2.13. The van der Waals surface area contributed by atoms with E-state index in [1.54, 1.807) is 24.3 Å². The van der Waals surface area contributed by atoms with Gasteiger partial charge in [-0.3, -0.25) is 25.4 Å². The number of pyridine rings is 1. The third kappa shape index (κ3) is 4.81. The average Bonchev–Trinajstić information content (AvgIpc) is 2.69. The Labute approximate surface area is 150 Å². The molecule has 26 heavy (non-hydrogen) atoms. The summed E-state index contributed by atoms with van der Waals surface area (Å²) in [6.07, 6.45) is 3.05. The molecule has 1 heterocycles. The number of rotatable bonds is 5. The highest BCUT2D eigenvalue weighted by atomic mass is 16.2. The third-order valence-electron chi connectivity index (χ3n) is 3.41. The minimum atomic E-state index is -0.798. The zero-order valence-electron chi connectivity index (χ0n) is 13.8. The lowest BCUT2D eigenvalue weighted by atomic mass is 10.2. The van der Waals surface area contributed by atoms with Crippen LogP contribution in [0.5, 0.6) is 0 Å². The topological polar surface area (TPSA) is 95.2 Å². The molecule has 0 aliphatic carbocycles. The first-order chi connectivity index (χ1) is 12.7. The first kappa shape index (κ1) is 17.0. The molecule has 0 radical (unpaired) electrons. The second-order valence-corrected chi connectivity index (χ2v) is 5.34. The molecule has 2 amide bonds. The van der Waals surface area contributed by atoms with Gasteiger partial charge in [-0.25, -0.2) is 0 Å². The molecule has 0 atom stereocenters. The van der Waals surface area contributed by atoms with Gasteiger partial charge in [0, 0.05) is 29.5 Å². The summed E-state index contributed by atoms with van der Waals surface area (Å²) in [4.78, 5) is 27.5. The van der Waals surface area contributed by atoms with E-state index in [9.17, 15) is 9.59 Å². The smallest absolute Gasteiger partial charge is 0.327 e. The summed E-state index contributed by atoms with van der Waals surface area (Å²) >= 11 is 0. The van der Waals surface area contributed by atoms with Crippen LogP contribution in [0.1, 0.15) is 0 Å². The maximum Gasteiger partial charge on any atom is 0.327 e. The van der Waals surface area contributed by atoms with Crippen molar-refractivity contribution >= 4 is 34.6 Å². The van der Waals surface area contributed by atoms with Crippen LogP contribution in [0.25, 0.3) is 0 Å². The minimum Gasteiger partial charge on any atom is -0.356 e. The van der Waals surface area contributed by atoms with E-state index >= 15 is 0 Å². The van der Waals surface area contributed by atoms with Crippen LogP contribution in [-0.2, 0) is 9.59 Å². The second kappa shape index (κ2) is 8.29. The number of hydrogen-bond donors (Lipinski definition) is 4. The molecule has 0 aliphatic heterocycles. The first-order valence-electron chi connectivity index (χ1n) is 7.90. The van der Waals surface area contributed by atoms with Crippen molar-refractivity contribution in [2.45, 2.75) is 0 Å². The number of benzene rings is 2. The number of aromatic nitrogens is 1. The standard InChI is InChI=1S/C19H17N5O2/c25-18(22-16-10-12-20-13-11-16)19(26)24-23-17-8-6-15(7-9-17)21-14-4-2-1-3-5-14/h1-13,21,23H,(H,24,26)(H,20,22,25). The Kier molecular flexibility index (Phi) is 5.41. The van der Waals surface area contributed by atoms with Gasteiger partial charge in [0.25, 0.3) is 0 Å². The van der Waals surface area contributed by atoms with Gasteiger partial charge < -0.3 is 10.6 Å². The van der Waals surface area contributed by atoms with Gasteiger partial charge in [-0.2, -0.15) is 0 Å². The SMILES string of the molecule is O=C(NNc1ccc(Nc2ccccc2)cc1)C(=O)Nc1ccncc1. The summed E-state index contributed by atoms with van der Waals surface area (Å²) in [6, 6.07) is 20.3. The molecule has 2 aromatic carbocycles. The number of nitrogens with one attached hydrogen (secondary N) is 4. The quantitative estimate of drug-likeness (QED) is 0.420. The van der Waals surface area contributed by atoms with Crippen molar-refractivity contribution in [1.82, 2.24) is 10.4 Å². The fraction of sp³-hybridized carbons (Fsp3) is 0. The molecule has 7 nitrogen and oxygen atoms in total. The Morgan fingerprint density at radius 2 is 1.27 bits per heavy atom. The molecule has 1 aromatic heterocycles. The van der Waals surface area contributed by atoms with Crippen molar-refractivity contribution in [3.63, 3.8) is 0 Å². The molecule has 0 saturated carbocycles. The highest BCUT2D eigenvalue weighted by molar-refractivity contribution is 6.39. The molecule has 0 unspecified atom stereocenters. The molecule has 0 spiro atoms.